The summed E-state index contributed by atoms with van der Waals surface area (Å²) in [6, 6.07) is 23.2. The summed E-state index contributed by atoms with van der Waals surface area (Å²) in [4.78, 5) is 36.1. The molecule has 192 valence electrons. The summed E-state index contributed by atoms with van der Waals surface area (Å²) in [7, 11) is -3.99. The number of benzene rings is 4. The number of rotatable bonds is 7. The number of carboxylic acids is 1. The highest BCUT2D eigenvalue weighted by molar-refractivity contribution is 7.91. The first-order chi connectivity index (χ1) is 18.1. The number of carboxylic acid groups (broad SMARTS) is 1. The lowest BCUT2D eigenvalue weighted by Gasteiger charge is -2.11. The molecule has 0 spiro atoms. The van der Waals surface area contributed by atoms with E-state index in [-0.39, 0.29) is 31.6 Å². The molecule has 0 aromatic heterocycles. The molecule has 0 atom stereocenters. The van der Waals surface area contributed by atoms with E-state index < -0.39 is 27.8 Å². The quantitative estimate of drug-likeness (QED) is 0.267. The van der Waals surface area contributed by atoms with Crippen LogP contribution in [0.2, 0.25) is 5.02 Å². The van der Waals surface area contributed by atoms with E-state index in [9.17, 15) is 27.9 Å². The molecule has 0 heterocycles. The molecule has 3 N–H and O–H groups in total. The number of hydrogen-bond acceptors (Lipinski definition) is 6. The van der Waals surface area contributed by atoms with Crippen LogP contribution >= 0.6 is 11.6 Å². The molecule has 0 saturated carbocycles. The number of halogens is 1. The Kier molecular flexibility index (Phi) is 7.75. The SMILES string of the molecule is O=C(Nc1ccc(S(=O)(=O)c2cccc(NC(=O)c3cc(Cl)ccc3C(=O)O)c2)cc1)Oc1ccccc1. The molecule has 38 heavy (non-hydrogen) atoms. The number of ether oxygens (including phenoxy) is 1. The Morgan fingerprint density at radius 3 is 2.11 bits per heavy atom. The Balaban J connectivity index is 1.49. The maximum absolute atomic E-state index is 13.2. The first-order valence-corrected chi connectivity index (χ1v) is 12.8. The average Bonchev–Trinajstić information content (AvgIpc) is 2.89. The molecule has 4 aromatic carbocycles. The van der Waals surface area contributed by atoms with Crippen molar-refractivity contribution in [3.63, 3.8) is 0 Å². The predicted octanol–water partition coefficient (Wildman–Crippen LogP) is 5.73. The van der Waals surface area contributed by atoms with Crippen LogP contribution in [0.1, 0.15) is 20.7 Å². The Bertz CT molecular complexity index is 1620. The number of sulfone groups is 1. The number of carbonyl (C=O) groups excluding carboxylic acids is 2. The molecule has 0 aliphatic heterocycles. The number of aromatic carboxylic acids is 1. The topological polar surface area (TPSA) is 139 Å². The average molecular weight is 551 g/mol. The molecular formula is C27H19ClN2O7S. The first-order valence-electron chi connectivity index (χ1n) is 11.0. The van der Waals surface area contributed by atoms with Gasteiger partial charge in [-0.15, -0.1) is 0 Å². The molecule has 0 aliphatic rings. The minimum Gasteiger partial charge on any atom is -0.478 e. The lowest BCUT2D eigenvalue weighted by molar-refractivity contribution is 0.0692. The molecule has 0 radical (unpaired) electrons. The van der Waals surface area contributed by atoms with E-state index in [4.69, 9.17) is 16.3 Å². The standard InChI is InChI=1S/C27H19ClN2O7S/c28-17-9-14-23(26(32)33)24(15-17)25(31)29-19-5-4-8-22(16-19)38(35,36)21-12-10-18(11-13-21)30-27(34)37-20-6-2-1-3-7-20/h1-16H,(H,29,31)(H,30,34)(H,32,33). The first kappa shape index (κ1) is 26.4. The van der Waals surface area contributed by atoms with Gasteiger partial charge in [-0.05, 0) is 72.8 Å². The third kappa shape index (κ3) is 6.17. The predicted molar refractivity (Wildman–Crippen MR) is 141 cm³/mol. The van der Waals surface area contributed by atoms with E-state index in [0.717, 1.165) is 0 Å². The number of hydrogen-bond donors (Lipinski definition) is 3. The largest absolute Gasteiger partial charge is 0.478 e. The molecule has 0 unspecified atom stereocenters. The van der Waals surface area contributed by atoms with Gasteiger partial charge in [0.25, 0.3) is 5.91 Å². The minimum atomic E-state index is -3.99. The van der Waals surface area contributed by atoms with Crippen LogP contribution in [0.25, 0.3) is 0 Å². The van der Waals surface area contributed by atoms with Gasteiger partial charge in [-0.25, -0.2) is 18.0 Å². The third-order valence-corrected chi connectivity index (χ3v) is 7.23. The van der Waals surface area contributed by atoms with Crippen LogP contribution in [0.15, 0.2) is 107 Å². The summed E-state index contributed by atoms with van der Waals surface area (Å²) in [5, 5.41) is 14.5. The summed E-state index contributed by atoms with van der Waals surface area (Å²) in [5.74, 6) is -1.72. The minimum absolute atomic E-state index is 0.0500. The molecule has 0 saturated heterocycles. The highest BCUT2D eigenvalue weighted by atomic mass is 35.5. The Morgan fingerprint density at radius 1 is 0.711 bits per heavy atom. The highest BCUT2D eigenvalue weighted by Crippen LogP contribution is 2.26. The van der Waals surface area contributed by atoms with Crippen LogP contribution < -0.4 is 15.4 Å². The van der Waals surface area contributed by atoms with Crippen molar-refractivity contribution in [3.05, 3.63) is 113 Å². The van der Waals surface area contributed by atoms with Gasteiger partial charge in [0.05, 0.1) is 20.9 Å². The fourth-order valence-corrected chi connectivity index (χ4v) is 4.90. The lowest BCUT2D eigenvalue weighted by atomic mass is 10.1. The molecule has 9 nitrogen and oxygen atoms in total. The summed E-state index contributed by atoms with van der Waals surface area (Å²) in [6.45, 7) is 0. The zero-order valence-electron chi connectivity index (χ0n) is 19.4. The summed E-state index contributed by atoms with van der Waals surface area (Å²) in [5.41, 5.74) is 0.0279. The van der Waals surface area contributed by atoms with Gasteiger partial charge in [0.2, 0.25) is 9.84 Å². The van der Waals surface area contributed by atoms with Gasteiger partial charge < -0.3 is 15.2 Å². The van der Waals surface area contributed by atoms with Crippen molar-refractivity contribution >= 4 is 50.8 Å². The zero-order valence-corrected chi connectivity index (χ0v) is 21.0. The maximum Gasteiger partial charge on any atom is 0.417 e. The number of anilines is 2. The van der Waals surface area contributed by atoms with Gasteiger partial charge >= 0.3 is 12.1 Å². The smallest absolute Gasteiger partial charge is 0.417 e. The second-order valence-electron chi connectivity index (χ2n) is 7.83. The van der Waals surface area contributed by atoms with Crippen molar-refractivity contribution in [3.8, 4) is 5.75 Å². The van der Waals surface area contributed by atoms with Crippen molar-refractivity contribution in [1.29, 1.82) is 0 Å². The van der Waals surface area contributed by atoms with Crippen LogP contribution in [0.4, 0.5) is 16.2 Å². The van der Waals surface area contributed by atoms with Crippen LogP contribution in [-0.2, 0) is 9.84 Å². The van der Waals surface area contributed by atoms with Gasteiger partial charge in [-0.1, -0.05) is 35.9 Å². The van der Waals surface area contributed by atoms with Crippen LogP contribution in [0.3, 0.4) is 0 Å². The zero-order chi connectivity index (χ0) is 27.3. The summed E-state index contributed by atoms with van der Waals surface area (Å²) < 4.78 is 31.5. The van der Waals surface area contributed by atoms with Crippen LogP contribution in [0, 0.1) is 0 Å². The van der Waals surface area contributed by atoms with Crippen LogP contribution in [0.5, 0.6) is 5.75 Å². The van der Waals surface area contributed by atoms with Crippen molar-refractivity contribution in [2.24, 2.45) is 0 Å². The molecule has 4 aromatic rings. The summed E-state index contributed by atoms with van der Waals surface area (Å²) >= 11 is 5.91. The van der Waals surface area contributed by atoms with E-state index in [2.05, 4.69) is 10.6 Å². The molecule has 0 aliphatic carbocycles. The number of para-hydroxylation sites is 1. The molecule has 0 bridgehead atoms. The Hall–Kier alpha value is -4.67. The molecule has 11 heteroatoms. The van der Waals surface area contributed by atoms with Crippen molar-refractivity contribution in [2.45, 2.75) is 9.79 Å². The van der Waals surface area contributed by atoms with Gasteiger partial charge in [0.15, 0.2) is 0 Å². The van der Waals surface area contributed by atoms with E-state index in [1.54, 1.807) is 30.3 Å². The number of carbonyl (C=O) groups is 3. The van der Waals surface area contributed by atoms with Crippen molar-refractivity contribution in [2.75, 3.05) is 10.6 Å². The van der Waals surface area contributed by atoms with Crippen LogP contribution in [-0.4, -0.2) is 31.5 Å². The van der Waals surface area contributed by atoms with Crippen molar-refractivity contribution in [1.82, 2.24) is 0 Å². The fourth-order valence-electron chi connectivity index (χ4n) is 3.42. The van der Waals surface area contributed by atoms with Crippen molar-refractivity contribution < 1.29 is 32.6 Å². The fraction of sp³-hybridized carbons (Fsp3) is 0. The number of nitrogens with one attached hydrogen (secondary N) is 2. The second-order valence-corrected chi connectivity index (χ2v) is 10.2. The molecule has 4 rings (SSSR count). The number of amides is 2. The monoisotopic (exact) mass is 550 g/mol. The van der Waals surface area contributed by atoms with E-state index in [0.29, 0.717) is 11.4 Å². The molecular weight excluding hydrogens is 532 g/mol. The maximum atomic E-state index is 13.2. The van der Waals surface area contributed by atoms with E-state index >= 15 is 0 Å². The Labute approximate surface area is 222 Å². The summed E-state index contributed by atoms with van der Waals surface area (Å²) in [6.07, 6.45) is -0.735. The highest BCUT2D eigenvalue weighted by Gasteiger charge is 2.21. The van der Waals surface area contributed by atoms with Gasteiger partial charge in [0, 0.05) is 16.4 Å². The second kappa shape index (κ2) is 11.2. The normalized spacial score (nSPS) is 10.9. The van der Waals surface area contributed by atoms with E-state index in [1.165, 1.54) is 66.7 Å². The lowest BCUT2D eigenvalue weighted by Crippen LogP contribution is -2.17. The Morgan fingerprint density at radius 2 is 1.42 bits per heavy atom. The van der Waals surface area contributed by atoms with Gasteiger partial charge in [-0.2, -0.15) is 0 Å². The van der Waals surface area contributed by atoms with Gasteiger partial charge in [-0.3, -0.25) is 10.1 Å². The third-order valence-electron chi connectivity index (χ3n) is 5.22. The molecule has 2 amide bonds. The van der Waals surface area contributed by atoms with E-state index in [1.807, 2.05) is 0 Å². The molecule has 0 fully saturated rings. The van der Waals surface area contributed by atoms with Gasteiger partial charge in [0.1, 0.15) is 5.75 Å².